The molecule has 0 saturated carbocycles. The van der Waals surface area contributed by atoms with Gasteiger partial charge in [-0.3, -0.25) is 9.69 Å². The Morgan fingerprint density at radius 1 is 1.20 bits per heavy atom. The second-order valence-corrected chi connectivity index (χ2v) is 8.57. The number of nitrogens with one attached hydrogen (secondary N) is 1. The Morgan fingerprint density at radius 3 is 2.56 bits per heavy atom. The monoisotopic (exact) mass is 344 g/mol. The van der Waals surface area contributed by atoms with E-state index in [0.717, 1.165) is 24.7 Å². The van der Waals surface area contributed by atoms with Gasteiger partial charge in [0, 0.05) is 26.2 Å². The van der Waals surface area contributed by atoms with Crippen molar-refractivity contribution >= 4 is 11.6 Å². The number of carbonyl (C=O) groups excluding carboxylic acids is 1. The summed E-state index contributed by atoms with van der Waals surface area (Å²) >= 11 is 0. The molecule has 1 amide bonds. The zero-order valence-electron chi connectivity index (χ0n) is 16.1. The van der Waals surface area contributed by atoms with E-state index in [1.165, 1.54) is 32.4 Å². The fourth-order valence-corrected chi connectivity index (χ4v) is 4.08. The van der Waals surface area contributed by atoms with Crippen LogP contribution in [-0.2, 0) is 0 Å². The molecule has 5 heteroatoms. The standard InChI is InChI=1S/C20H32N4O/c1-20(2,3)15-6-5-10-23(11-9-15)17-13-24(14-17)16-7-8-18(22-12-16)19(25)21-4/h7-8,12,15,17H,5-6,9-11,13-14H2,1-4H3,(H,21,25). The largest absolute Gasteiger partial charge is 0.367 e. The number of carbonyl (C=O) groups is 1. The summed E-state index contributed by atoms with van der Waals surface area (Å²) in [4.78, 5) is 20.9. The molecule has 25 heavy (non-hydrogen) atoms. The molecule has 2 aliphatic heterocycles. The van der Waals surface area contributed by atoms with Gasteiger partial charge >= 0.3 is 0 Å². The second-order valence-electron chi connectivity index (χ2n) is 8.57. The number of likely N-dealkylation sites (tertiary alicyclic amines) is 1. The minimum absolute atomic E-state index is 0.133. The van der Waals surface area contributed by atoms with Crippen LogP contribution in [0.1, 0.15) is 50.5 Å². The summed E-state index contributed by atoms with van der Waals surface area (Å²) < 4.78 is 0. The molecule has 1 unspecified atom stereocenters. The van der Waals surface area contributed by atoms with Crippen molar-refractivity contribution in [2.24, 2.45) is 11.3 Å². The molecule has 2 aliphatic rings. The highest BCUT2D eigenvalue weighted by Gasteiger charge is 2.35. The Labute approximate surface area is 151 Å². The van der Waals surface area contributed by atoms with Gasteiger partial charge < -0.3 is 10.2 Å². The molecule has 1 atom stereocenters. The Bertz CT molecular complexity index is 587. The molecule has 0 aromatic carbocycles. The van der Waals surface area contributed by atoms with Crippen LogP contribution < -0.4 is 10.2 Å². The topological polar surface area (TPSA) is 48.5 Å². The van der Waals surface area contributed by atoms with Crippen LogP contribution in [-0.4, -0.2) is 55.1 Å². The third kappa shape index (κ3) is 4.14. The SMILES string of the molecule is CNC(=O)c1ccc(N2CC(N3CCCC(C(C)(C)C)CC3)C2)cn1. The summed E-state index contributed by atoms with van der Waals surface area (Å²) in [5.41, 5.74) is 2.02. The Balaban J connectivity index is 1.51. The highest BCUT2D eigenvalue weighted by molar-refractivity contribution is 5.92. The van der Waals surface area contributed by atoms with Crippen molar-refractivity contribution in [3.8, 4) is 0 Å². The normalized spacial score (nSPS) is 23.0. The van der Waals surface area contributed by atoms with Gasteiger partial charge in [-0.05, 0) is 55.8 Å². The van der Waals surface area contributed by atoms with E-state index >= 15 is 0 Å². The molecule has 5 nitrogen and oxygen atoms in total. The van der Waals surface area contributed by atoms with Gasteiger partial charge in [-0.25, -0.2) is 4.98 Å². The average molecular weight is 345 g/mol. The Morgan fingerprint density at radius 2 is 1.96 bits per heavy atom. The smallest absolute Gasteiger partial charge is 0.269 e. The van der Waals surface area contributed by atoms with Crippen molar-refractivity contribution in [3.05, 3.63) is 24.0 Å². The molecule has 0 aliphatic carbocycles. The quantitative estimate of drug-likeness (QED) is 0.916. The van der Waals surface area contributed by atoms with Gasteiger partial charge in [0.15, 0.2) is 0 Å². The summed E-state index contributed by atoms with van der Waals surface area (Å²) in [7, 11) is 1.63. The predicted molar refractivity (Wildman–Crippen MR) is 102 cm³/mol. The lowest BCUT2D eigenvalue weighted by atomic mass is 9.77. The lowest BCUT2D eigenvalue weighted by Crippen LogP contribution is -2.59. The fraction of sp³-hybridized carbons (Fsp3) is 0.700. The number of amides is 1. The Kier molecular flexibility index (Phi) is 5.32. The van der Waals surface area contributed by atoms with Crippen LogP contribution in [0.15, 0.2) is 18.3 Å². The molecule has 0 spiro atoms. The van der Waals surface area contributed by atoms with E-state index in [1.807, 2.05) is 12.3 Å². The first-order chi connectivity index (χ1) is 11.9. The maximum Gasteiger partial charge on any atom is 0.269 e. The summed E-state index contributed by atoms with van der Waals surface area (Å²) in [5.74, 6) is 0.709. The maximum atomic E-state index is 11.6. The Hall–Kier alpha value is -1.62. The first-order valence-corrected chi connectivity index (χ1v) is 9.55. The summed E-state index contributed by atoms with van der Waals surface area (Å²) in [5, 5.41) is 2.61. The third-order valence-electron chi connectivity index (χ3n) is 5.94. The van der Waals surface area contributed by atoms with Crippen LogP contribution >= 0.6 is 0 Å². The van der Waals surface area contributed by atoms with E-state index in [4.69, 9.17) is 0 Å². The maximum absolute atomic E-state index is 11.6. The number of rotatable bonds is 3. The van der Waals surface area contributed by atoms with Crippen LogP contribution in [0.2, 0.25) is 0 Å². The van der Waals surface area contributed by atoms with Crippen molar-refractivity contribution < 1.29 is 4.79 Å². The van der Waals surface area contributed by atoms with Crippen LogP contribution in [0.3, 0.4) is 0 Å². The molecule has 138 valence electrons. The third-order valence-corrected chi connectivity index (χ3v) is 5.94. The van der Waals surface area contributed by atoms with E-state index in [9.17, 15) is 4.79 Å². The van der Waals surface area contributed by atoms with Gasteiger partial charge in [0.05, 0.1) is 11.9 Å². The fourth-order valence-electron chi connectivity index (χ4n) is 4.08. The number of hydrogen-bond donors (Lipinski definition) is 1. The molecule has 0 radical (unpaired) electrons. The van der Waals surface area contributed by atoms with Gasteiger partial charge in [-0.2, -0.15) is 0 Å². The number of aromatic nitrogens is 1. The molecule has 1 aromatic rings. The van der Waals surface area contributed by atoms with Crippen molar-refractivity contribution in [2.45, 2.75) is 46.1 Å². The van der Waals surface area contributed by atoms with Gasteiger partial charge in [0.25, 0.3) is 5.91 Å². The molecule has 2 fully saturated rings. The molecule has 2 saturated heterocycles. The molecular weight excluding hydrogens is 312 g/mol. The molecular formula is C20H32N4O. The van der Waals surface area contributed by atoms with Crippen LogP contribution in [0.4, 0.5) is 5.69 Å². The molecule has 0 bridgehead atoms. The van der Waals surface area contributed by atoms with E-state index in [1.54, 1.807) is 13.1 Å². The first kappa shape index (κ1) is 18.2. The number of pyridine rings is 1. The second kappa shape index (κ2) is 7.32. The van der Waals surface area contributed by atoms with Crippen LogP contribution in [0.25, 0.3) is 0 Å². The minimum atomic E-state index is -0.133. The molecule has 1 aromatic heterocycles. The van der Waals surface area contributed by atoms with E-state index in [-0.39, 0.29) is 5.91 Å². The van der Waals surface area contributed by atoms with E-state index in [2.05, 4.69) is 40.9 Å². The van der Waals surface area contributed by atoms with Gasteiger partial charge in [-0.15, -0.1) is 0 Å². The molecule has 3 heterocycles. The van der Waals surface area contributed by atoms with E-state index in [0.29, 0.717) is 17.2 Å². The van der Waals surface area contributed by atoms with Crippen molar-refractivity contribution in [2.75, 3.05) is 38.1 Å². The first-order valence-electron chi connectivity index (χ1n) is 9.55. The zero-order valence-corrected chi connectivity index (χ0v) is 16.1. The average Bonchev–Trinajstić information content (AvgIpc) is 2.79. The highest BCUT2D eigenvalue weighted by atomic mass is 16.1. The number of anilines is 1. The highest BCUT2D eigenvalue weighted by Crippen LogP contribution is 2.35. The molecule has 3 rings (SSSR count). The van der Waals surface area contributed by atoms with Crippen LogP contribution in [0.5, 0.6) is 0 Å². The van der Waals surface area contributed by atoms with Gasteiger partial charge in [-0.1, -0.05) is 20.8 Å². The van der Waals surface area contributed by atoms with Crippen molar-refractivity contribution in [1.29, 1.82) is 0 Å². The van der Waals surface area contributed by atoms with Gasteiger partial charge in [0.1, 0.15) is 5.69 Å². The number of nitrogens with zero attached hydrogens (tertiary/aromatic N) is 3. The summed E-state index contributed by atoms with van der Waals surface area (Å²) in [6, 6.07) is 4.48. The minimum Gasteiger partial charge on any atom is -0.367 e. The lowest BCUT2D eigenvalue weighted by molar-refractivity contribution is 0.0958. The zero-order chi connectivity index (χ0) is 18.0. The molecule has 1 N–H and O–H groups in total. The lowest BCUT2D eigenvalue weighted by Gasteiger charge is -2.46. The van der Waals surface area contributed by atoms with E-state index < -0.39 is 0 Å². The number of hydrogen-bond acceptors (Lipinski definition) is 4. The summed E-state index contributed by atoms with van der Waals surface area (Å²) in [6.45, 7) is 11.8. The summed E-state index contributed by atoms with van der Waals surface area (Å²) in [6.07, 6.45) is 5.82. The van der Waals surface area contributed by atoms with Crippen molar-refractivity contribution in [1.82, 2.24) is 15.2 Å². The van der Waals surface area contributed by atoms with Gasteiger partial charge in [0.2, 0.25) is 0 Å². The predicted octanol–water partition coefficient (Wildman–Crippen LogP) is 2.78. The van der Waals surface area contributed by atoms with Crippen molar-refractivity contribution in [3.63, 3.8) is 0 Å². The van der Waals surface area contributed by atoms with Crippen LogP contribution in [0, 0.1) is 11.3 Å².